The van der Waals surface area contributed by atoms with Gasteiger partial charge >= 0.3 is 5.97 Å². The van der Waals surface area contributed by atoms with Crippen LogP contribution in [0, 0.1) is 6.92 Å². The van der Waals surface area contributed by atoms with Gasteiger partial charge in [0.2, 0.25) is 0 Å². The largest absolute Gasteiger partial charge is 0.489 e. The second-order valence-corrected chi connectivity index (χ2v) is 3.37. The lowest BCUT2D eigenvalue weighted by Gasteiger charge is -2.11. The number of rotatable bonds is 5. The quantitative estimate of drug-likeness (QED) is 0.583. The molecule has 0 unspecified atom stereocenters. The smallest absolute Gasteiger partial charge is 0.337 e. The number of carboxylic acids is 1. The topological polar surface area (TPSA) is 81.8 Å². The van der Waals surface area contributed by atoms with E-state index in [1.165, 1.54) is 6.07 Å². The van der Waals surface area contributed by atoms with Crippen LogP contribution in [0.25, 0.3) is 0 Å². The van der Waals surface area contributed by atoms with Gasteiger partial charge in [0.15, 0.2) is 0 Å². The molecule has 0 aliphatic rings. The number of hydrogen-bond donors (Lipinski definition) is 2. The maximum atomic E-state index is 10.9. The van der Waals surface area contributed by atoms with Crippen molar-refractivity contribution in [3.8, 4) is 5.75 Å². The summed E-state index contributed by atoms with van der Waals surface area (Å²) in [5.74, 6) is -0.674. The zero-order valence-electron chi connectivity index (χ0n) is 9.32. The molecule has 0 atom stereocenters. The van der Waals surface area contributed by atoms with E-state index in [4.69, 9.17) is 20.3 Å². The van der Waals surface area contributed by atoms with Crippen LogP contribution < -0.4 is 10.5 Å². The Kier molecular flexibility index (Phi) is 4.13. The normalized spacial score (nSPS) is 10.1. The molecule has 1 aromatic carbocycles. The number of carboxylic acid groups (broad SMARTS) is 1. The third-order valence-corrected chi connectivity index (χ3v) is 2.06. The van der Waals surface area contributed by atoms with E-state index in [1.54, 1.807) is 20.1 Å². The standard InChI is InChI=1S/C11H15NO4/c1-7-5-8(11(13)14)10(12)9(6-7)16-4-3-15-2/h5-6H,3-4,12H2,1-2H3,(H,13,14). The van der Waals surface area contributed by atoms with E-state index in [0.717, 1.165) is 5.56 Å². The third-order valence-electron chi connectivity index (χ3n) is 2.06. The van der Waals surface area contributed by atoms with Crippen LogP contribution >= 0.6 is 0 Å². The predicted molar refractivity (Wildman–Crippen MR) is 59.9 cm³/mol. The first-order valence-corrected chi connectivity index (χ1v) is 4.81. The number of benzene rings is 1. The van der Waals surface area contributed by atoms with Gasteiger partial charge in [-0.15, -0.1) is 0 Å². The minimum Gasteiger partial charge on any atom is -0.489 e. The minimum absolute atomic E-state index is 0.0624. The maximum absolute atomic E-state index is 10.9. The Bertz CT molecular complexity index is 390. The Balaban J connectivity index is 2.95. The highest BCUT2D eigenvalue weighted by Gasteiger charge is 2.13. The Morgan fingerprint density at radius 3 is 2.69 bits per heavy atom. The summed E-state index contributed by atoms with van der Waals surface area (Å²) in [5.41, 5.74) is 6.69. The molecule has 16 heavy (non-hydrogen) atoms. The van der Waals surface area contributed by atoms with Crippen LogP contribution in [0.2, 0.25) is 0 Å². The van der Waals surface area contributed by atoms with Gasteiger partial charge in [0.1, 0.15) is 12.4 Å². The summed E-state index contributed by atoms with van der Waals surface area (Å²) in [5, 5.41) is 8.93. The van der Waals surface area contributed by atoms with E-state index in [-0.39, 0.29) is 11.3 Å². The highest BCUT2D eigenvalue weighted by Crippen LogP contribution is 2.27. The first-order chi connectivity index (χ1) is 7.56. The second-order valence-electron chi connectivity index (χ2n) is 3.37. The van der Waals surface area contributed by atoms with E-state index in [2.05, 4.69) is 0 Å². The van der Waals surface area contributed by atoms with Crippen molar-refractivity contribution in [2.24, 2.45) is 0 Å². The molecular formula is C11H15NO4. The molecule has 0 heterocycles. The number of carbonyl (C=O) groups is 1. The second kappa shape index (κ2) is 5.37. The fourth-order valence-electron chi connectivity index (χ4n) is 1.30. The number of aryl methyl sites for hydroxylation is 1. The van der Waals surface area contributed by atoms with Crippen molar-refractivity contribution in [3.05, 3.63) is 23.3 Å². The summed E-state index contributed by atoms with van der Waals surface area (Å²) in [6.07, 6.45) is 0. The monoisotopic (exact) mass is 225 g/mol. The molecule has 0 saturated carbocycles. The van der Waals surface area contributed by atoms with Crippen molar-refractivity contribution >= 4 is 11.7 Å². The fraction of sp³-hybridized carbons (Fsp3) is 0.364. The first-order valence-electron chi connectivity index (χ1n) is 4.81. The van der Waals surface area contributed by atoms with Crippen LogP contribution in [0.4, 0.5) is 5.69 Å². The molecule has 5 nitrogen and oxygen atoms in total. The molecule has 0 spiro atoms. The van der Waals surface area contributed by atoms with E-state index < -0.39 is 5.97 Å². The lowest BCUT2D eigenvalue weighted by atomic mass is 10.1. The van der Waals surface area contributed by atoms with Gasteiger partial charge in [-0.05, 0) is 24.6 Å². The Hall–Kier alpha value is -1.75. The molecule has 3 N–H and O–H groups in total. The Morgan fingerprint density at radius 2 is 2.12 bits per heavy atom. The molecule has 1 rings (SSSR count). The fourth-order valence-corrected chi connectivity index (χ4v) is 1.30. The highest BCUT2D eigenvalue weighted by molar-refractivity contribution is 5.95. The summed E-state index contributed by atoms with van der Waals surface area (Å²) in [7, 11) is 1.56. The van der Waals surface area contributed by atoms with E-state index >= 15 is 0 Å². The predicted octanol–water partition coefficient (Wildman–Crippen LogP) is 1.30. The Morgan fingerprint density at radius 1 is 1.44 bits per heavy atom. The number of aromatic carboxylic acids is 1. The van der Waals surface area contributed by atoms with Crippen molar-refractivity contribution in [2.75, 3.05) is 26.1 Å². The van der Waals surface area contributed by atoms with Gasteiger partial charge in [0, 0.05) is 7.11 Å². The zero-order valence-corrected chi connectivity index (χ0v) is 9.32. The average molecular weight is 225 g/mol. The molecule has 0 radical (unpaired) electrons. The number of methoxy groups -OCH3 is 1. The summed E-state index contributed by atoms with van der Waals surface area (Å²) in [6.45, 7) is 2.55. The summed E-state index contributed by atoms with van der Waals surface area (Å²) >= 11 is 0. The summed E-state index contributed by atoms with van der Waals surface area (Å²) in [4.78, 5) is 10.9. The molecule has 0 fully saturated rings. The molecular weight excluding hydrogens is 210 g/mol. The molecule has 0 saturated heterocycles. The molecule has 0 amide bonds. The van der Waals surface area contributed by atoms with Crippen LogP contribution in [-0.4, -0.2) is 31.4 Å². The van der Waals surface area contributed by atoms with Gasteiger partial charge in [-0.3, -0.25) is 0 Å². The SMILES string of the molecule is COCCOc1cc(C)cc(C(=O)O)c1N. The summed E-state index contributed by atoms with van der Waals surface area (Å²) < 4.78 is 10.2. The Labute approximate surface area is 93.8 Å². The number of nitrogen functional groups attached to an aromatic ring is 1. The van der Waals surface area contributed by atoms with E-state index in [0.29, 0.717) is 19.0 Å². The number of hydrogen-bond acceptors (Lipinski definition) is 4. The number of anilines is 1. The van der Waals surface area contributed by atoms with Gasteiger partial charge in [-0.25, -0.2) is 4.79 Å². The van der Waals surface area contributed by atoms with Gasteiger partial charge in [0.25, 0.3) is 0 Å². The van der Waals surface area contributed by atoms with Crippen molar-refractivity contribution < 1.29 is 19.4 Å². The molecule has 88 valence electrons. The molecule has 1 aromatic rings. The van der Waals surface area contributed by atoms with Gasteiger partial charge < -0.3 is 20.3 Å². The first kappa shape index (κ1) is 12.3. The van der Waals surface area contributed by atoms with Crippen molar-refractivity contribution in [1.29, 1.82) is 0 Å². The third kappa shape index (κ3) is 2.87. The average Bonchev–Trinajstić information content (AvgIpc) is 2.22. The summed E-state index contributed by atoms with van der Waals surface area (Å²) in [6, 6.07) is 3.22. The van der Waals surface area contributed by atoms with Crippen LogP contribution in [0.15, 0.2) is 12.1 Å². The van der Waals surface area contributed by atoms with Gasteiger partial charge in [0.05, 0.1) is 17.9 Å². The van der Waals surface area contributed by atoms with E-state index in [1.807, 2.05) is 0 Å². The van der Waals surface area contributed by atoms with Crippen molar-refractivity contribution in [1.82, 2.24) is 0 Å². The number of ether oxygens (including phenoxy) is 2. The maximum Gasteiger partial charge on any atom is 0.337 e. The highest BCUT2D eigenvalue weighted by atomic mass is 16.5. The van der Waals surface area contributed by atoms with Gasteiger partial charge in [-0.2, -0.15) is 0 Å². The van der Waals surface area contributed by atoms with Crippen LogP contribution in [0.1, 0.15) is 15.9 Å². The van der Waals surface area contributed by atoms with Crippen LogP contribution in [-0.2, 0) is 4.74 Å². The zero-order chi connectivity index (χ0) is 12.1. The molecule has 0 aromatic heterocycles. The minimum atomic E-state index is -1.06. The molecule has 0 aliphatic carbocycles. The lowest BCUT2D eigenvalue weighted by molar-refractivity contribution is 0.0697. The molecule has 0 aliphatic heterocycles. The number of nitrogens with two attached hydrogens (primary N) is 1. The molecule has 5 heteroatoms. The van der Waals surface area contributed by atoms with Crippen LogP contribution in [0.5, 0.6) is 5.75 Å². The van der Waals surface area contributed by atoms with E-state index in [9.17, 15) is 4.79 Å². The molecule has 0 bridgehead atoms. The van der Waals surface area contributed by atoms with Crippen molar-refractivity contribution in [3.63, 3.8) is 0 Å². The lowest BCUT2D eigenvalue weighted by Crippen LogP contribution is -2.09. The van der Waals surface area contributed by atoms with Gasteiger partial charge in [-0.1, -0.05) is 0 Å². The van der Waals surface area contributed by atoms with Crippen LogP contribution in [0.3, 0.4) is 0 Å². The van der Waals surface area contributed by atoms with Crippen molar-refractivity contribution in [2.45, 2.75) is 6.92 Å².